The molecule has 0 atom stereocenters. The number of H-pyrrole nitrogens is 1. The van der Waals surface area contributed by atoms with Crippen molar-refractivity contribution < 1.29 is 4.79 Å². The van der Waals surface area contributed by atoms with Crippen molar-refractivity contribution in [2.24, 2.45) is 0 Å². The van der Waals surface area contributed by atoms with Crippen LogP contribution in [0.25, 0.3) is 10.9 Å². The number of aromatic nitrogens is 1. The van der Waals surface area contributed by atoms with Crippen molar-refractivity contribution in [1.82, 2.24) is 10.3 Å². The zero-order valence-electron chi connectivity index (χ0n) is 11.5. The van der Waals surface area contributed by atoms with Crippen LogP contribution in [-0.4, -0.2) is 17.4 Å². The lowest BCUT2D eigenvalue weighted by atomic mass is 10.1. The molecule has 1 aromatic carbocycles. The maximum absolute atomic E-state index is 11.9. The first-order valence-corrected chi connectivity index (χ1v) is 6.66. The molecule has 0 radical (unpaired) electrons. The first kappa shape index (κ1) is 13.4. The fourth-order valence-electron chi connectivity index (χ4n) is 2.25. The van der Waals surface area contributed by atoms with E-state index >= 15 is 0 Å². The maximum Gasteiger partial charge on any atom is 0.224 e. The van der Waals surface area contributed by atoms with Crippen LogP contribution in [0.4, 0.5) is 0 Å². The Hall–Kier alpha value is -2.03. The van der Waals surface area contributed by atoms with Gasteiger partial charge in [0.1, 0.15) is 0 Å². The van der Waals surface area contributed by atoms with Gasteiger partial charge in [0, 0.05) is 23.1 Å². The number of aryl methyl sites for hydroxylation is 1. The minimum Gasteiger partial charge on any atom is -0.358 e. The third kappa shape index (κ3) is 3.25. The van der Waals surface area contributed by atoms with E-state index < -0.39 is 0 Å². The highest BCUT2D eigenvalue weighted by molar-refractivity contribution is 5.90. The number of fused-ring (bicyclic) bond motifs is 1. The fourth-order valence-corrected chi connectivity index (χ4v) is 2.25. The minimum absolute atomic E-state index is 0.0809. The van der Waals surface area contributed by atoms with Crippen molar-refractivity contribution in [3.8, 4) is 0 Å². The van der Waals surface area contributed by atoms with Gasteiger partial charge in [0.15, 0.2) is 0 Å². The minimum atomic E-state index is 0.0809. The summed E-state index contributed by atoms with van der Waals surface area (Å²) in [5.74, 6) is 0.0809. The van der Waals surface area contributed by atoms with Gasteiger partial charge in [0.05, 0.1) is 6.42 Å². The number of aromatic amines is 1. The maximum atomic E-state index is 11.9. The molecule has 0 fully saturated rings. The molecule has 0 aliphatic heterocycles. The van der Waals surface area contributed by atoms with Crippen LogP contribution in [0.15, 0.2) is 36.4 Å². The molecule has 1 heterocycles. The summed E-state index contributed by atoms with van der Waals surface area (Å²) in [6.45, 7) is 4.70. The zero-order chi connectivity index (χ0) is 13.7. The summed E-state index contributed by atoms with van der Waals surface area (Å²) >= 11 is 0. The Kier molecular flexibility index (Phi) is 4.39. The molecule has 100 valence electrons. The lowest BCUT2D eigenvalue weighted by molar-refractivity contribution is -0.120. The first-order valence-electron chi connectivity index (χ1n) is 6.66. The second kappa shape index (κ2) is 6.23. The summed E-state index contributed by atoms with van der Waals surface area (Å²) in [5.41, 5.74) is 3.26. The van der Waals surface area contributed by atoms with E-state index in [1.807, 2.05) is 38.1 Å². The third-order valence-electron chi connectivity index (χ3n) is 3.23. The number of allylic oxidation sites excluding steroid dienone is 1. The average Bonchev–Trinajstić information content (AvgIpc) is 2.72. The Labute approximate surface area is 113 Å². The highest BCUT2D eigenvalue weighted by Crippen LogP contribution is 2.22. The molecule has 0 bridgehead atoms. The monoisotopic (exact) mass is 256 g/mol. The van der Waals surface area contributed by atoms with E-state index in [0.29, 0.717) is 13.0 Å². The lowest BCUT2D eigenvalue weighted by Gasteiger charge is -2.04. The largest absolute Gasteiger partial charge is 0.358 e. The molecule has 0 saturated heterocycles. The summed E-state index contributed by atoms with van der Waals surface area (Å²) < 4.78 is 0. The smallest absolute Gasteiger partial charge is 0.224 e. The van der Waals surface area contributed by atoms with E-state index in [-0.39, 0.29) is 5.91 Å². The molecule has 0 aliphatic carbocycles. The van der Waals surface area contributed by atoms with Crippen LogP contribution in [0.2, 0.25) is 0 Å². The molecule has 0 saturated carbocycles. The molecule has 0 spiro atoms. The van der Waals surface area contributed by atoms with Gasteiger partial charge < -0.3 is 10.3 Å². The first-order chi connectivity index (χ1) is 9.22. The molecular formula is C16H20N2O. The second-order valence-corrected chi connectivity index (χ2v) is 4.66. The van der Waals surface area contributed by atoms with Crippen molar-refractivity contribution in [3.05, 3.63) is 47.7 Å². The van der Waals surface area contributed by atoms with Crippen molar-refractivity contribution in [2.75, 3.05) is 6.54 Å². The predicted molar refractivity (Wildman–Crippen MR) is 79.2 cm³/mol. The standard InChI is InChI=1S/C16H20N2O/c1-3-4-7-10-17-16(19)11-14-12(2)18-15-9-6-5-8-13(14)15/h3-6,8-9,18H,7,10-11H2,1-2H3,(H,17,19)/b4-3+. The van der Waals surface area contributed by atoms with Crippen LogP contribution < -0.4 is 5.32 Å². The number of para-hydroxylation sites is 1. The lowest BCUT2D eigenvalue weighted by Crippen LogP contribution is -2.25. The predicted octanol–water partition coefficient (Wildman–Crippen LogP) is 3.10. The van der Waals surface area contributed by atoms with E-state index in [4.69, 9.17) is 0 Å². The third-order valence-corrected chi connectivity index (χ3v) is 3.23. The van der Waals surface area contributed by atoms with E-state index in [1.165, 1.54) is 0 Å². The Morgan fingerprint density at radius 2 is 2.16 bits per heavy atom. The molecule has 2 N–H and O–H groups in total. The van der Waals surface area contributed by atoms with Gasteiger partial charge in [-0.25, -0.2) is 0 Å². The van der Waals surface area contributed by atoms with Crippen molar-refractivity contribution in [3.63, 3.8) is 0 Å². The molecular weight excluding hydrogens is 236 g/mol. The molecule has 0 aliphatic rings. The summed E-state index contributed by atoms with van der Waals surface area (Å²) in [6, 6.07) is 8.10. The normalized spacial score (nSPS) is 11.3. The highest BCUT2D eigenvalue weighted by Gasteiger charge is 2.11. The van der Waals surface area contributed by atoms with Crippen LogP contribution in [0.5, 0.6) is 0 Å². The van der Waals surface area contributed by atoms with E-state index in [2.05, 4.69) is 22.4 Å². The van der Waals surface area contributed by atoms with Crippen LogP contribution >= 0.6 is 0 Å². The summed E-state index contributed by atoms with van der Waals surface area (Å²) in [5, 5.41) is 4.09. The van der Waals surface area contributed by atoms with Crippen molar-refractivity contribution >= 4 is 16.8 Å². The summed E-state index contributed by atoms with van der Waals surface area (Å²) in [4.78, 5) is 15.2. The van der Waals surface area contributed by atoms with E-state index in [1.54, 1.807) is 0 Å². The second-order valence-electron chi connectivity index (χ2n) is 4.66. The van der Waals surface area contributed by atoms with Gasteiger partial charge in [0.2, 0.25) is 5.91 Å². The number of carbonyl (C=O) groups is 1. The molecule has 2 aromatic rings. The average molecular weight is 256 g/mol. The Morgan fingerprint density at radius 1 is 1.37 bits per heavy atom. The van der Waals surface area contributed by atoms with Crippen LogP contribution in [0.1, 0.15) is 24.6 Å². The molecule has 1 amide bonds. The highest BCUT2D eigenvalue weighted by atomic mass is 16.1. The zero-order valence-corrected chi connectivity index (χ0v) is 11.5. The molecule has 0 unspecified atom stereocenters. The number of benzene rings is 1. The molecule has 19 heavy (non-hydrogen) atoms. The molecule has 2 rings (SSSR count). The number of nitrogens with one attached hydrogen (secondary N) is 2. The van der Waals surface area contributed by atoms with Gasteiger partial charge in [-0.05, 0) is 31.9 Å². The molecule has 3 nitrogen and oxygen atoms in total. The van der Waals surface area contributed by atoms with Crippen LogP contribution in [-0.2, 0) is 11.2 Å². The van der Waals surface area contributed by atoms with Gasteiger partial charge in [0.25, 0.3) is 0 Å². The topological polar surface area (TPSA) is 44.9 Å². The Balaban J connectivity index is 2.04. The number of amides is 1. The van der Waals surface area contributed by atoms with Gasteiger partial charge in [-0.15, -0.1) is 0 Å². The quantitative estimate of drug-likeness (QED) is 0.626. The molecule has 1 aromatic heterocycles. The van der Waals surface area contributed by atoms with Crippen molar-refractivity contribution in [1.29, 1.82) is 0 Å². The van der Waals surface area contributed by atoms with E-state index in [9.17, 15) is 4.79 Å². The van der Waals surface area contributed by atoms with Gasteiger partial charge in [-0.1, -0.05) is 30.4 Å². The fraction of sp³-hybridized carbons (Fsp3) is 0.312. The summed E-state index contributed by atoms with van der Waals surface area (Å²) in [7, 11) is 0. The summed E-state index contributed by atoms with van der Waals surface area (Å²) in [6.07, 6.45) is 5.37. The van der Waals surface area contributed by atoms with Gasteiger partial charge in [-0.2, -0.15) is 0 Å². The van der Waals surface area contributed by atoms with E-state index in [0.717, 1.165) is 28.6 Å². The number of hydrogen-bond acceptors (Lipinski definition) is 1. The number of rotatable bonds is 5. The van der Waals surface area contributed by atoms with Crippen LogP contribution in [0, 0.1) is 6.92 Å². The van der Waals surface area contributed by atoms with Gasteiger partial charge in [-0.3, -0.25) is 4.79 Å². The van der Waals surface area contributed by atoms with Crippen molar-refractivity contribution in [2.45, 2.75) is 26.7 Å². The number of hydrogen-bond donors (Lipinski definition) is 2. The Bertz CT molecular complexity index is 596. The number of carbonyl (C=O) groups excluding carboxylic acids is 1. The molecule has 3 heteroatoms. The Morgan fingerprint density at radius 3 is 2.95 bits per heavy atom. The SMILES string of the molecule is C/C=C/CCNC(=O)Cc1c(C)[nH]c2ccccc12. The van der Waals surface area contributed by atoms with Crippen LogP contribution in [0.3, 0.4) is 0 Å². The van der Waals surface area contributed by atoms with Gasteiger partial charge >= 0.3 is 0 Å².